The number of aromatic amines is 1. The van der Waals surface area contributed by atoms with Crippen LogP contribution < -0.4 is 0 Å². The van der Waals surface area contributed by atoms with Gasteiger partial charge >= 0.3 is 0 Å². The maximum absolute atomic E-state index is 12.6. The van der Waals surface area contributed by atoms with Gasteiger partial charge in [-0.15, -0.1) is 11.8 Å². The SMILES string of the molecule is Cc1[nH]c2ccccc2c1C1SCC(=O)N1CCN(C(C)C)C(C)C. The van der Waals surface area contributed by atoms with E-state index in [-0.39, 0.29) is 11.3 Å². The van der Waals surface area contributed by atoms with Crippen LogP contribution in [0.15, 0.2) is 24.3 Å². The van der Waals surface area contributed by atoms with E-state index in [9.17, 15) is 4.79 Å². The van der Waals surface area contributed by atoms with Crippen LogP contribution in [0.3, 0.4) is 0 Å². The van der Waals surface area contributed by atoms with Crippen LogP contribution in [-0.2, 0) is 4.79 Å². The molecule has 1 saturated heterocycles. The van der Waals surface area contributed by atoms with E-state index in [2.05, 4.69) is 73.7 Å². The molecule has 1 aliphatic heterocycles. The van der Waals surface area contributed by atoms with Crippen molar-refractivity contribution in [1.29, 1.82) is 0 Å². The fraction of sp³-hybridized carbons (Fsp3) is 0.550. The van der Waals surface area contributed by atoms with E-state index < -0.39 is 0 Å². The zero-order valence-electron chi connectivity index (χ0n) is 15.9. The van der Waals surface area contributed by atoms with Crippen LogP contribution in [0.4, 0.5) is 0 Å². The lowest BCUT2D eigenvalue weighted by Gasteiger charge is -2.33. The van der Waals surface area contributed by atoms with Gasteiger partial charge in [-0.1, -0.05) is 18.2 Å². The van der Waals surface area contributed by atoms with Gasteiger partial charge in [0.05, 0.1) is 5.75 Å². The second kappa shape index (κ2) is 7.42. The predicted octanol–water partition coefficient (Wildman–Crippen LogP) is 4.17. The number of aromatic nitrogens is 1. The summed E-state index contributed by atoms with van der Waals surface area (Å²) in [4.78, 5) is 20.6. The zero-order chi connectivity index (χ0) is 18.1. The molecule has 2 aromatic rings. The van der Waals surface area contributed by atoms with E-state index >= 15 is 0 Å². The Morgan fingerprint density at radius 1 is 1.24 bits per heavy atom. The maximum Gasteiger partial charge on any atom is 0.233 e. The van der Waals surface area contributed by atoms with E-state index in [1.54, 1.807) is 11.8 Å². The van der Waals surface area contributed by atoms with Gasteiger partial charge in [0.25, 0.3) is 0 Å². The Morgan fingerprint density at radius 2 is 1.92 bits per heavy atom. The number of aryl methyl sites for hydroxylation is 1. The number of hydrogen-bond donors (Lipinski definition) is 1. The Labute approximate surface area is 155 Å². The maximum atomic E-state index is 12.6. The molecule has 1 atom stereocenters. The van der Waals surface area contributed by atoms with Crippen molar-refractivity contribution in [2.45, 2.75) is 52.1 Å². The molecule has 1 aromatic carbocycles. The number of nitrogens with zero attached hydrogens (tertiary/aromatic N) is 2. The van der Waals surface area contributed by atoms with E-state index in [4.69, 9.17) is 0 Å². The third-order valence-electron chi connectivity index (χ3n) is 5.08. The smallest absolute Gasteiger partial charge is 0.233 e. The summed E-state index contributed by atoms with van der Waals surface area (Å²) < 4.78 is 0. The number of para-hydroxylation sites is 1. The molecule has 1 aliphatic rings. The minimum atomic E-state index is 0.116. The summed E-state index contributed by atoms with van der Waals surface area (Å²) >= 11 is 1.75. The number of benzene rings is 1. The summed E-state index contributed by atoms with van der Waals surface area (Å²) in [6.07, 6.45) is 0. The normalized spacial score (nSPS) is 18.5. The molecular weight excluding hydrogens is 330 g/mol. The van der Waals surface area contributed by atoms with Crippen LogP contribution in [-0.4, -0.2) is 51.6 Å². The lowest BCUT2D eigenvalue weighted by Crippen LogP contribution is -2.43. The van der Waals surface area contributed by atoms with Gasteiger partial charge in [0.2, 0.25) is 5.91 Å². The van der Waals surface area contributed by atoms with Crippen LogP contribution in [0.5, 0.6) is 0 Å². The molecule has 0 radical (unpaired) electrons. The average molecular weight is 360 g/mol. The molecule has 1 unspecified atom stereocenters. The number of carbonyl (C=O) groups excluding carboxylic acids is 1. The number of fused-ring (bicyclic) bond motifs is 1. The van der Waals surface area contributed by atoms with E-state index in [0.29, 0.717) is 17.8 Å². The number of thioether (sulfide) groups is 1. The molecule has 0 bridgehead atoms. The number of carbonyl (C=O) groups is 1. The third kappa shape index (κ3) is 3.58. The lowest BCUT2D eigenvalue weighted by molar-refractivity contribution is -0.128. The molecular formula is C20H29N3OS. The monoisotopic (exact) mass is 359 g/mol. The summed E-state index contributed by atoms with van der Waals surface area (Å²) in [5.41, 5.74) is 3.59. The molecule has 2 heterocycles. The Hall–Kier alpha value is -1.46. The van der Waals surface area contributed by atoms with Crippen LogP contribution in [0.1, 0.15) is 44.3 Å². The van der Waals surface area contributed by atoms with E-state index in [0.717, 1.165) is 18.6 Å². The van der Waals surface area contributed by atoms with Crippen LogP contribution in [0, 0.1) is 6.92 Å². The zero-order valence-corrected chi connectivity index (χ0v) is 16.7. The predicted molar refractivity (Wildman–Crippen MR) is 107 cm³/mol. The Balaban J connectivity index is 1.85. The first-order chi connectivity index (χ1) is 11.9. The van der Waals surface area contributed by atoms with E-state index in [1.807, 2.05) is 0 Å². The third-order valence-corrected chi connectivity index (χ3v) is 6.30. The molecule has 0 saturated carbocycles. The molecule has 5 heteroatoms. The molecule has 1 fully saturated rings. The number of rotatable bonds is 6. The van der Waals surface area contributed by atoms with Crippen molar-refractivity contribution in [2.75, 3.05) is 18.8 Å². The Morgan fingerprint density at radius 3 is 2.60 bits per heavy atom. The minimum Gasteiger partial charge on any atom is -0.358 e. The minimum absolute atomic E-state index is 0.116. The number of nitrogens with one attached hydrogen (secondary N) is 1. The van der Waals surface area contributed by atoms with Gasteiger partial charge in [-0.25, -0.2) is 0 Å². The highest BCUT2D eigenvalue weighted by Crippen LogP contribution is 2.43. The topological polar surface area (TPSA) is 39.3 Å². The fourth-order valence-corrected chi connectivity index (χ4v) is 5.23. The average Bonchev–Trinajstić information content (AvgIpc) is 3.06. The Kier molecular flexibility index (Phi) is 5.44. The van der Waals surface area contributed by atoms with Crippen molar-refractivity contribution >= 4 is 28.6 Å². The van der Waals surface area contributed by atoms with Crippen LogP contribution in [0.2, 0.25) is 0 Å². The summed E-state index contributed by atoms with van der Waals surface area (Å²) in [6.45, 7) is 12.7. The molecule has 1 amide bonds. The standard InChI is InChI=1S/C20H29N3OS/c1-13(2)22(14(3)4)10-11-23-18(24)12-25-20(23)19-15(5)21-17-9-7-6-8-16(17)19/h6-9,13-14,20-21H,10-12H2,1-5H3. The van der Waals surface area contributed by atoms with Crippen molar-refractivity contribution in [3.8, 4) is 0 Å². The highest BCUT2D eigenvalue weighted by molar-refractivity contribution is 8.00. The van der Waals surface area contributed by atoms with Gasteiger partial charge in [0, 0.05) is 47.3 Å². The van der Waals surface area contributed by atoms with Crippen molar-refractivity contribution in [1.82, 2.24) is 14.8 Å². The second-order valence-corrected chi connectivity index (χ2v) is 8.45. The molecule has 0 aliphatic carbocycles. The number of hydrogen-bond acceptors (Lipinski definition) is 3. The van der Waals surface area contributed by atoms with Crippen molar-refractivity contribution in [3.63, 3.8) is 0 Å². The Bertz CT molecular complexity index is 744. The fourth-order valence-electron chi connectivity index (χ4n) is 3.89. The van der Waals surface area contributed by atoms with Gasteiger partial charge in [0.1, 0.15) is 5.37 Å². The first-order valence-corrected chi connectivity index (χ1v) is 10.2. The first kappa shape index (κ1) is 18.3. The number of amides is 1. The molecule has 1 N–H and O–H groups in total. The largest absolute Gasteiger partial charge is 0.358 e. The van der Waals surface area contributed by atoms with Crippen LogP contribution in [0.25, 0.3) is 10.9 Å². The molecule has 0 spiro atoms. The highest BCUT2D eigenvalue weighted by atomic mass is 32.2. The highest BCUT2D eigenvalue weighted by Gasteiger charge is 2.35. The first-order valence-electron chi connectivity index (χ1n) is 9.14. The summed E-state index contributed by atoms with van der Waals surface area (Å²) in [6, 6.07) is 9.36. The van der Waals surface area contributed by atoms with Crippen molar-refractivity contribution < 1.29 is 4.79 Å². The van der Waals surface area contributed by atoms with Gasteiger partial charge in [0.15, 0.2) is 0 Å². The second-order valence-electron chi connectivity index (χ2n) is 7.39. The molecule has 25 heavy (non-hydrogen) atoms. The molecule has 1 aromatic heterocycles. The van der Waals surface area contributed by atoms with Crippen LogP contribution >= 0.6 is 11.8 Å². The summed E-state index contributed by atoms with van der Waals surface area (Å²) in [7, 11) is 0. The lowest BCUT2D eigenvalue weighted by atomic mass is 10.1. The molecule has 3 rings (SSSR count). The van der Waals surface area contributed by atoms with Gasteiger partial charge in [-0.05, 0) is 40.7 Å². The summed E-state index contributed by atoms with van der Waals surface area (Å²) in [5.74, 6) is 0.833. The van der Waals surface area contributed by atoms with Gasteiger partial charge in [-0.2, -0.15) is 0 Å². The molecule has 4 nitrogen and oxygen atoms in total. The quantitative estimate of drug-likeness (QED) is 0.841. The van der Waals surface area contributed by atoms with Crippen molar-refractivity contribution in [3.05, 3.63) is 35.5 Å². The number of H-pyrrole nitrogens is 1. The molecule has 136 valence electrons. The van der Waals surface area contributed by atoms with Gasteiger partial charge in [-0.3, -0.25) is 9.69 Å². The van der Waals surface area contributed by atoms with Crippen molar-refractivity contribution in [2.24, 2.45) is 0 Å². The van der Waals surface area contributed by atoms with E-state index in [1.165, 1.54) is 16.6 Å². The summed E-state index contributed by atoms with van der Waals surface area (Å²) in [5, 5.41) is 1.35. The van der Waals surface area contributed by atoms with Gasteiger partial charge < -0.3 is 9.88 Å².